The van der Waals surface area contributed by atoms with Crippen molar-refractivity contribution in [3.05, 3.63) is 62.9 Å². The van der Waals surface area contributed by atoms with E-state index in [0.717, 1.165) is 16.0 Å². The standard InChI is InChI=1S/C16H13ClN4OS/c1-10-6-7-23-15(10)9-18-21-16(22)14-8-13(19-20-14)11-2-4-12(17)5-3-11/h2-9H,1H3,(H,19,20)(H,21,22)/b18-9-. The number of hydrogen-bond acceptors (Lipinski definition) is 4. The van der Waals surface area contributed by atoms with Gasteiger partial charge in [0.05, 0.1) is 11.9 Å². The molecule has 7 heteroatoms. The molecule has 1 aromatic carbocycles. The van der Waals surface area contributed by atoms with Crippen molar-refractivity contribution in [2.45, 2.75) is 6.92 Å². The number of nitrogens with zero attached hydrogens (tertiary/aromatic N) is 2. The Hall–Kier alpha value is -2.44. The van der Waals surface area contributed by atoms with Crippen LogP contribution in [0.25, 0.3) is 11.3 Å². The summed E-state index contributed by atoms with van der Waals surface area (Å²) in [7, 11) is 0. The first-order valence-corrected chi connectivity index (χ1v) is 8.08. The van der Waals surface area contributed by atoms with Crippen molar-refractivity contribution in [2.24, 2.45) is 5.10 Å². The molecule has 0 spiro atoms. The molecule has 2 N–H and O–H groups in total. The molecule has 0 atom stereocenters. The van der Waals surface area contributed by atoms with E-state index in [1.807, 2.05) is 30.5 Å². The van der Waals surface area contributed by atoms with E-state index in [1.54, 1.807) is 35.8 Å². The molecule has 0 fully saturated rings. The summed E-state index contributed by atoms with van der Waals surface area (Å²) in [6.45, 7) is 1.99. The first-order chi connectivity index (χ1) is 11.1. The van der Waals surface area contributed by atoms with Crippen LogP contribution in [0.3, 0.4) is 0 Å². The Bertz CT molecular complexity index is 851. The van der Waals surface area contributed by atoms with Crippen LogP contribution in [0.2, 0.25) is 5.02 Å². The highest BCUT2D eigenvalue weighted by Crippen LogP contribution is 2.20. The zero-order chi connectivity index (χ0) is 16.2. The fraction of sp³-hybridized carbons (Fsp3) is 0.0625. The molecule has 1 amide bonds. The molecular formula is C16H13ClN4OS. The molecule has 3 rings (SSSR count). The maximum Gasteiger partial charge on any atom is 0.289 e. The van der Waals surface area contributed by atoms with E-state index in [2.05, 4.69) is 20.7 Å². The lowest BCUT2D eigenvalue weighted by molar-refractivity contribution is 0.0950. The number of carbonyl (C=O) groups is 1. The molecule has 2 aromatic heterocycles. The normalized spacial score (nSPS) is 11.0. The molecule has 0 bridgehead atoms. The van der Waals surface area contributed by atoms with E-state index in [-0.39, 0.29) is 5.91 Å². The van der Waals surface area contributed by atoms with Gasteiger partial charge in [-0.05, 0) is 42.1 Å². The monoisotopic (exact) mass is 344 g/mol. The van der Waals surface area contributed by atoms with Gasteiger partial charge in [0, 0.05) is 15.5 Å². The lowest BCUT2D eigenvalue weighted by Crippen LogP contribution is -2.17. The third-order valence-corrected chi connectivity index (χ3v) is 4.42. The summed E-state index contributed by atoms with van der Waals surface area (Å²) < 4.78 is 0. The quantitative estimate of drug-likeness (QED) is 0.557. The van der Waals surface area contributed by atoms with Crippen molar-refractivity contribution < 1.29 is 4.79 Å². The van der Waals surface area contributed by atoms with Crippen LogP contribution in [-0.4, -0.2) is 22.3 Å². The summed E-state index contributed by atoms with van der Waals surface area (Å²) in [5.74, 6) is -0.344. The second-order valence-corrected chi connectivity index (χ2v) is 6.22. The lowest BCUT2D eigenvalue weighted by atomic mass is 10.1. The highest BCUT2D eigenvalue weighted by molar-refractivity contribution is 7.11. The second-order valence-electron chi connectivity index (χ2n) is 4.84. The highest BCUT2D eigenvalue weighted by Gasteiger charge is 2.10. The third kappa shape index (κ3) is 3.67. The van der Waals surface area contributed by atoms with Crippen LogP contribution in [-0.2, 0) is 0 Å². The molecule has 116 valence electrons. The molecule has 0 aliphatic carbocycles. The van der Waals surface area contributed by atoms with E-state index < -0.39 is 0 Å². The number of benzene rings is 1. The Balaban J connectivity index is 1.68. The number of H-pyrrole nitrogens is 1. The lowest BCUT2D eigenvalue weighted by Gasteiger charge is -1.96. The number of aryl methyl sites for hydroxylation is 1. The fourth-order valence-electron chi connectivity index (χ4n) is 1.93. The number of rotatable bonds is 4. The summed E-state index contributed by atoms with van der Waals surface area (Å²) in [5.41, 5.74) is 5.50. The number of aromatic nitrogens is 2. The van der Waals surface area contributed by atoms with Gasteiger partial charge in [-0.25, -0.2) is 5.43 Å². The van der Waals surface area contributed by atoms with Gasteiger partial charge >= 0.3 is 0 Å². The van der Waals surface area contributed by atoms with Crippen LogP contribution in [0.4, 0.5) is 0 Å². The molecule has 0 saturated carbocycles. The first-order valence-electron chi connectivity index (χ1n) is 6.82. The summed E-state index contributed by atoms with van der Waals surface area (Å²) in [6, 6.07) is 10.9. The number of amides is 1. The van der Waals surface area contributed by atoms with Gasteiger partial charge in [-0.1, -0.05) is 23.7 Å². The molecule has 2 heterocycles. The predicted molar refractivity (Wildman–Crippen MR) is 93.1 cm³/mol. The van der Waals surface area contributed by atoms with E-state index in [4.69, 9.17) is 11.6 Å². The van der Waals surface area contributed by atoms with E-state index >= 15 is 0 Å². The molecule has 0 radical (unpaired) electrons. The van der Waals surface area contributed by atoms with E-state index in [1.165, 1.54) is 0 Å². The minimum Gasteiger partial charge on any atom is -0.272 e. The average molecular weight is 345 g/mol. The van der Waals surface area contributed by atoms with Crippen molar-refractivity contribution in [3.63, 3.8) is 0 Å². The molecular weight excluding hydrogens is 332 g/mol. The van der Waals surface area contributed by atoms with Crippen LogP contribution < -0.4 is 5.43 Å². The zero-order valence-corrected chi connectivity index (χ0v) is 13.8. The van der Waals surface area contributed by atoms with Gasteiger partial charge in [-0.2, -0.15) is 10.2 Å². The second kappa shape index (κ2) is 6.76. The molecule has 23 heavy (non-hydrogen) atoms. The van der Waals surface area contributed by atoms with Crippen LogP contribution in [0.15, 0.2) is 46.9 Å². The van der Waals surface area contributed by atoms with E-state index in [0.29, 0.717) is 16.4 Å². The van der Waals surface area contributed by atoms with Crippen LogP contribution in [0, 0.1) is 6.92 Å². The Morgan fingerprint density at radius 3 is 2.83 bits per heavy atom. The highest BCUT2D eigenvalue weighted by atomic mass is 35.5. The minimum absolute atomic E-state index is 0.343. The Morgan fingerprint density at radius 1 is 1.35 bits per heavy atom. The van der Waals surface area contributed by atoms with Crippen LogP contribution in [0.5, 0.6) is 0 Å². The van der Waals surface area contributed by atoms with Gasteiger partial charge in [0.1, 0.15) is 5.69 Å². The number of hydrazone groups is 1. The van der Waals surface area contributed by atoms with E-state index in [9.17, 15) is 4.79 Å². The number of carbonyl (C=O) groups excluding carboxylic acids is 1. The largest absolute Gasteiger partial charge is 0.289 e. The number of hydrogen-bond donors (Lipinski definition) is 2. The number of aromatic amines is 1. The SMILES string of the molecule is Cc1ccsc1/C=N\NC(=O)c1cc(-c2ccc(Cl)cc2)n[nH]1. The van der Waals surface area contributed by atoms with Crippen molar-refractivity contribution in [3.8, 4) is 11.3 Å². The molecule has 0 unspecified atom stereocenters. The number of halogens is 1. The zero-order valence-electron chi connectivity index (χ0n) is 12.2. The van der Waals surface area contributed by atoms with Crippen molar-refractivity contribution in [1.82, 2.24) is 15.6 Å². The van der Waals surface area contributed by atoms with Crippen molar-refractivity contribution in [1.29, 1.82) is 0 Å². The molecule has 5 nitrogen and oxygen atoms in total. The predicted octanol–water partition coefficient (Wildman–Crippen LogP) is 3.86. The molecule has 3 aromatic rings. The minimum atomic E-state index is -0.344. The Morgan fingerprint density at radius 2 is 2.13 bits per heavy atom. The van der Waals surface area contributed by atoms with Gasteiger partial charge in [-0.3, -0.25) is 9.89 Å². The van der Waals surface area contributed by atoms with Crippen molar-refractivity contribution >= 4 is 35.1 Å². The number of thiophene rings is 1. The van der Waals surface area contributed by atoms with Gasteiger partial charge in [0.25, 0.3) is 5.91 Å². The molecule has 0 aliphatic rings. The number of nitrogens with one attached hydrogen (secondary N) is 2. The van der Waals surface area contributed by atoms with Gasteiger partial charge in [0.2, 0.25) is 0 Å². The molecule has 0 saturated heterocycles. The maximum atomic E-state index is 12.0. The van der Waals surface area contributed by atoms with Gasteiger partial charge < -0.3 is 0 Å². The summed E-state index contributed by atoms with van der Waals surface area (Å²) in [5, 5.41) is 13.4. The van der Waals surface area contributed by atoms with Gasteiger partial charge in [-0.15, -0.1) is 11.3 Å². The summed E-state index contributed by atoms with van der Waals surface area (Å²) in [6.07, 6.45) is 1.63. The van der Waals surface area contributed by atoms with Crippen LogP contribution in [0.1, 0.15) is 20.9 Å². The third-order valence-electron chi connectivity index (χ3n) is 3.21. The Labute approximate surface area is 142 Å². The van der Waals surface area contributed by atoms with Gasteiger partial charge in [0.15, 0.2) is 0 Å². The topological polar surface area (TPSA) is 70.1 Å². The van der Waals surface area contributed by atoms with Crippen LogP contribution >= 0.6 is 22.9 Å². The molecule has 0 aliphatic heterocycles. The summed E-state index contributed by atoms with van der Waals surface area (Å²) >= 11 is 7.43. The first kappa shape index (κ1) is 15.5. The maximum absolute atomic E-state index is 12.0. The fourth-order valence-corrected chi connectivity index (χ4v) is 2.85. The van der Waals surface area contributed by atoms with Crippen molar-refractivity contribution in [2.75, 3.05) is 0 Å². The Kier molecular flexibility index (Phi) is 4.55. The summed E-state index contributed by atoms with van der Waals surface area (Å²) in [4.78, 5) is 13.1. The average Bonchev–Trinajstić information content (AvgIpc) is 3.18. The smallest absolute Gasteiger partial charge is 0.272 e.